The number of anilines is 1. The number of halogens is 1. The second kappa shape index (κ2) is 6.59. The summed E-state index contributed by atoms with van der Waals surface area (Å²) < 4.78 is 25.2. The smallest absolute Gasteiger partial charge is 0.213 e. The van der Waals surface area contributed by atoms with Gasteiger partial charge < -0.3 is 5.32 Å². The van der Waals surface area contributed by atoms with Crippen molar-refractivity contribution in [3.8, 4) is 6.07 Å². The fourth-order valence-electron chi connectivity index (χ4n) is 1.40. The molecule has 0 aliphatic carbocycles. The standard InChI is InChI=1S/C11H14ClN3O2S/c1-2-15-18(16,17)7-6-14-11-5-3-4-10(12)9(11)8-13/h3-5,14-15H,2,6-7H2,1H3. The van der Waals surface area contributed by atoms with Gasteiger partial charge in [-0.1, -0.05) is 24.6 Å². The molecule has 0 radical (unpaired) electrons. The van der Waals surface area contributed by atoms with Gasteiger partial charge in [0.25, 0.3) is 0 Å². The van der Waals surface area contributed by atoms with Crippen LogP contribution in [0.1, 0.15) is 12.5 Å². The van der Waals surface area contributed by atoms with Crippen molar-refractivity contribution >= 4 is 27.3 Å². The Hall–Kier alpha value is -1.29. The summed E-state index contributed by atoms with van der Waals surface area (Å²) in [6.45, 7) is 2.29. The van der Waals surface area contributed by atoms with Gasteiger partial charge in [-0.25, -0.2) is 13.1 Å². The molecule has 1 aromatic rings. The molecule has 0 aliphatic rings. The monoisotopic (exact) mass is 287 g/mol. The highest BCUT2D eigenvalue weighted by Gasteiger charge is 2.09. The zero-order chi connectivity index (χ0) is 13.6. The van der Waals surface area contributed by atoms with Gasteiger partial charge in [0.15, 0.2) is 0 Å². The first-order valence-corrected chi connectivity index (χ1v) is 7.43. The summed E-state index contributed by atoms with van der Waals surface area (Å²) in [6, 6.07) is 6.97. The molecule has 0 atom stereocenters. The molecule has 0 aliphatic heterocycles. The van der Waals surface area contributed by atoms with Crippen LogP contribution in [0.2, 0.25) is 5.02 Å². The van der Waals surface area contributed by atoms with Gasteiger partial charge in [-0.05, 0) is 12.1 Å². The summed E-state index contributed by atoms with van der Waals surface area (Å²) in [5.74, 6) is -0.0573. The number of nitriles is 1. The highest BCUT2D eigenvalue weighted by atomic mass is 35.5. The summed E-state index contributed by atoms with van der Waals surface area (Å²) in [5.41, 5.74) is 0.858. The Bertz CT molecular complexity index is 552. The zero-order valence-electron chi connectivity index (χ0n) is 9.90. The Morgan fingerprint density at radius 3 is 2.78 bits per heavy atom. The molecule has 0 bridgehead atoms. The number of benzene rings is 1. The molecule has 18 heavy (non-hydrogen) atoms. The molecule has 0 amide bonds. The molecule has 98 valence electrons. The van der Waals surface area contributed by atoms with E-state index in [2.05, 4.69) is 10.0 Å². The summed E-state index contributed by atoms with van der Waals surface area (Å²) in [5, 5.41) is 12.2. The molecule has 0 saturated heterocycles. The molecular weight excluding hydrogens is 274 g/mol. The lowest BCUT2D eigenvalue weighted by Crippen LogP contribution is -2.29. The van der Waals surface area contributed by atoms with E-state index in [1.54, 1.807) is 25.1 Å². The topological polar surface area (TPSA) is 82.0 Å². The first-order valence-electron chi connectivity index (χ1n) is 5.40. The van der Waals surface area contributed by atoms with Gasteiger partial charge in [0.1, 0.15) is 6.07 Å². The molecule has 1 aromatic carbocycles. The number of hydrogen-bond donors (Lipinski definition) is 2. The summed E-state index contributed by atoms with van der Waals surface area (Å²) >= 11 is 5.85. The quantitative estimate of drug-likeness (QED) is 0.832. The normalized spacial score (nSPS) is 10.9. The number of hydrogen-bond acceptors (Lipinski definition) is 4. The van der Waals surface area contributed by atoms with Crippen molar-refractivity contribution in [2.24, 2.45) is 0 Å². The van der Waals surface area contributed by atoms with E-state index < -0.39 is 10.0 Å². The van der Waals surface area contributed by atoms with Crippen molar-refractivity contribution in [2.75, 3.05) is 24.2 Å². The third kappa shape index (κ3) is 4.18. The minimum atomic E-state index is -3.26. The van der Waals surface area contributed by atoms with Crippen LogP contribution in [-0.2, 0) is 10.0 Å². The molecule has 2 N–H and O–H groups in total. The predicted molar refractivity (Wildman–Crippen MR) is 72.1 cm³/mol. The average Bonchev–Trinajstić information content (AvgIpc) is 2.29. The summed E-state index contributed by atoms with van der Waals surface area (Å²) in [4.78, 5) is 0. The van der Waals surface area contributed by atoms with Crippen molar-refractivity contribution in [1.29, 1.82) is 5.26 Å². The van der Waals surface area contributed by atoms with Gasteiger partial charge in [0.05, 0.1) is 22.0 Å². The lowest BCUT2D eigenvalue weighted by Gasteiger charge is -2.09. The fraction of sp³-hybridized carbons (Fsp3) is 0.364. The first-order chi connectivity index (χ1) is 8.50. The van der Waals surface area contributed by atoms with Gasteiger partial charge in [0.2, 0.25) is 10.0 Å². The van der Waals surface area contributed by atoms with Gasteiger partial charge in [-0.15, -0.1) is 0 Å². The predicted octanol–water partition coefficient (Wildman–Crippen LogP) is 1.56. The minimum Gasteiger partial charge on any atom is -0.383 e. The maximum Gasteiger partial charge on any atom is 0.213 e. The van der Waals surface area contributed by atoms with Crippen LogP contribution < -0.4 is 10.0 Å². The van der Waals surface area contributed by atoms with Crippen LogP contribution in [-0.4, -0.2) is 27.3 Å². The molecule has 0 spiro atoms. The number of nitrogens with one attached hydrogen (secondary N) is 2. The zero-order valence-corrected chi connectivity index (χ0v) is 11.5. The number of rotatable bonds is 6. The molecule has 0 unspecified atom stereocenters. The largest absolute Gasteiger partial charge is 0.383 e. The van der Waals surface area contributed by atoms with Crippen molar-refractivity contribution in [3.63, 3.8) is 0 Å². The van der Waals surface area contributed by atoms with E-state index in [-0.39, 0.29) is 12.3 Å². The van der Waals surface area contributed by atoms with Crippen LogP contribution in [0.25, 0.3) is 0 Å². The van der Waals surface area contributed by atoms with Crippen LogP contribution in [0, 0.1) is 11.3 Å². The molecule has 0 fully saturated rings. The summed E-state index contributed by atoms with van der Waals surface area (Å²) in [7, 11) is -3.26. The van der Waals surface area contributed by atoms with Crippen LogP contribution in [0.15, 0.2) is 18.2 Å². The minimum absolute atomic E-state index is 0.0573. The molecule has 7 heteroatoms. The van der Waals surface area contributed by atoms with Gasteiger partial charge in [0, 0.05) is 13.1 Å². The molecule has 0 aromatic heterocycles. The Morgan fingerprint density at radius 2 is 2.17 bits per heavy atom. The molecule has 1 rings (SSSR count). The van der Waals surface area contributed by atoms with E-state index in [1.807, 2.05) is 6.07 Å². The number of sulfonamides is 1. The van der Waals surface area contributed by atoms with E-state index in [1.165, 1.54) is 0 Å². The second-order valence-corrected chi connectivity index (χ2v) is 5.85. The van der Waals surface area contributed by atoms with Crippen molar-refractivity contribution in [1.82, 2.24) is 4.72 Å². The Morgan fingerprint density at radius 1 is 1.44 bits per heavy atom. The highest BCUT2D eigenvalue weighted by Crippen LogP contribution is 2.22. The molecule has 0 heterocycles. The second-order valence-electron chi connectivity index (χ2n) is 3.52. The number of nitrogens with zero attached hydrogens (tertiary/aromatic N) is 1. The van der Waals surface area contributed by atoms with Crippen molar-refractivity contribution in [3.05, 3.63) is 28.8 Å². The Kier molecular flexibility index (Phi) is 5.41. The SMILES string of the molecule is CCNS(=O)(=O)CCNc1cccc(Cl)c1C#N. The van der Waals surface area contributed by atoms with Crippen LogP contribution in [0.4, 0.5) is 5.69 Å². The molecular formula is C11H14ClN3O2S. The van der Waals surface area contributed by atoms with Crippen LogP contribution in [0.3, 0.4) is 0 Å². The van der Waals surface area contributed by atoms with Crippen molar-refractivity contribution < 1.29 is 8.42 Å². The maximum atomic E-state index is 11.4. The summed E-state index contributed by atoms with van der Waals surface area (Å²) in [6.07, 6.45) is 0. The van der Waals surface area contributed by atoms with Gasteiger partial charge in [-0.2, -0.15) is 5.26 Å². The highest BCUT2D eigenvalue weighted by molar-refractivity contribution is 7.89. The third-order valence-electron chi connectivity index (χ3n) is 2.18. The maximum absolute atomic E-state index is 11.4. The van der Waals surface area contributed by atoms with E-state index in [4.69, 9.17) is 16.9 Å². The van der Waals surface area contributed by atoms with E-state index >= 15 is 0 Å². The van der Waals surface area contributed by atoms with Crippen LogP contribution in [0.5, 0.6) is 0 Å². The third-order valence-corrected chi connectivity index (χ3v) is 3.96. The fourth-order valence-corrected chi connectivity index (χ4v) is 2.57. The lowest BCUT2D eigenvalue weighted by atomic mass is 10.2. The van der Waals surface area contributed by atoms with E-state index in [9.17, 15) is 8.42 Å². The van der Waals surface area contributed by atoms with E-state index in [0.29, 0.717) is 22.8 Å². The van der Waals surface area contributed by atoms with Gasteiger partial charge >= 0.3 is 0 Å². The Labute approximate surface area is 112 Å². The first kappa shape index (κ1) is 14.8. The van der Waals surface area contributed by atoms with E-state index in [0.717, 1.165) is 0 Å². The lowest BCUT2D eigenvalue weighted by molar-refractivity contribution is 0.584. The molecule has 5 nitrogen and oxygen atoms in total. The van der Waals surface area contributed by atoms with Crippen molar-refractivity contribution in [2.45, 2.75) is 6.92 Å². The van der Waals surface area contributed by atoms with Gasteiger partial charge in [-0.3, -0.25) is 0 Å². The van der Waals surface area contributed by atoms with Crippen LogP contribution >= 0.6 is 11.6 Å². The Balaban J connectivity index is 2.66. The average molecular weight is 288 g/mol. The molecule has 0 saturated carbocycles.